The number of carbonyl (C=O) groups is 1. The molecule has 134 valence electrons. The fourth-order valence-corrected chi connectivity index (χ4v) is 3.52. The van der Waals surface area contributed by atoms with Crippen molar-refractivity contribution in [3.05, 3.63) is 52.4 Å². The Labute approximate surface area is 157 Å². The molecule has 2 aromatic rings. The third-order valence-electron chi connectivity index (χ3n) is 4.34. The van der Waals surface area contributed by atoms with Gasteiger partial charge in [0.05, 0.1) is 23.0 Å². The van der Waals surface area contributed by atoms with Gasteiger partial charge in [-0.3, -0.25) is 4.90 Å². The van der Waals surface area contributed by atoms with E-state index in [4.69, 9.17) is 27.6 Å². The number of nitrogens with zero attached hydrogens (tertiary/aromatic N) is 1. The summed E-state index contributed by atoms with van der Waals surface area (Å²) in [5, 5.41) is 6.60. The predicted molar refractivity (Wildman–Crippen MR) is 100 cm³/mol. The summed E-state index contributed by atoms with van der Waals surface area (Å²) in [4.78, 5) is 14.6. The maximum absolute atomic E-state index is 12.2. The fraction of sp³-hybridized carbons (Fsp3) is 0.389. The number of anilines is 1. The Balaban J connectivity index is 1.61. The molecule has 1 aliphatic rings. The molecule has 0 aliphatic carbocycles. The standard InChI is InChI=1S/C18H21Cl2N3O2/c19-13-6-7-15(14(20)11-13)22-18(24)21-12-16(17-5-4-10-25-17)23-8-2-1-3-9-23/h4-7,10-11,16H,1-3,8-9,12H2,(H2,21,22,24)/t16-/m1/s1. The van der Waals surface area contributed by atoms with Gasteiger partial charge in [-0.05, 0) is 56.3 Å². The molecule has 1 aromatic carbocycles. The SMILES string of the molecule is O=C(NC[C@H](c1ccco1)N1CCCCC1)Nc1ccc(Cl)cc1Cl. The van der Waals surface area contributed by atoms with Crippen LogP contribution in [0.1, 0.15) is 31.1 Å². The lowest BCUT2D eigenvalue weighted by Gasteiger charge is -2.33. The Kier molecular flexibility index (Phi) is 6.24. The Morgan fingerprint density at radius 2 is 2.00 bits per heavy atom. The summed E-state index contributed by atoms with van der Waals surface area (Å²) in [7, 11) is 0. The summed E-state index contributed by atoms with van der Waals surface area (Å²) < 4.78 is 5.58. The largest absolute Gasteiger partial charge is 0.468 e. The molecule has 0 radical (unpaired) electrons. The van der Waals surface area contributed by atoms with Gasteiger partial charge in [0.1, 0.15) is 5.76 Å². The quantitative estimate of drug-likeness (QED) is 0.771. The molecule has 0 spiro atoms. The zero-order valence-corrected chi connectivity index (χ0v) is 15.3. The lowest BCUT2D eigenvalue weighted by atomic mass is 10.1. The van der Waals surface area contributed by atoms with E-state index in [1.165, 1.54) is 19.3 Å². The third-order valence-corrected chi connectivity index (χ3v) is 4.89. The van der Waals surface area contributed by atoms with Crippen molar-refractivity contribution < 1.29 is 9.21 Å². The number of hydrogen-bond acceptors (Lipinski definition) is 3. The van der Waals surface area contributed by atoms with Crippen molar-refractivity contribution in [1.29, 1.82) is 0 Å². The van der Waals surface area contributed by atoms with Crippen LogP contribution in [0.15, 0.2) is 41.0 Å². The summed E-state index contributed by atoms with van der Waals surface area (Å²) in [6.45, 7) is 2.49. The van der Waals surface area contributed by atoms with Crippen LogP contribution in [0.4, 0.5) is 10.5 Å². The van der Waals surface area contributed by atoms with Gasteiger partial charge in [0.25, 0.3) is 0 Å². The molecule has 1 atom stereocenters. The maximum atomic E-state index is 12.2. The van der Waals surface area contributed by atoms with Crippen LogP contribution in [-0.4, -0.2) is 30.6 Å². The van der Waals surface area contributed by atoms with Gasteiger partial charge in [0.15, 0.2) is 0 Å². The monoisotopic (exact) mass is 381 g/mol. The van der Waals surface area contributed by atoms with E-state index in [-0.39, 0.29) is 12.1 Å². The minimum atomic E-state index is -0.308. The number of benzene rings is 1. The second-order valence-electron chi connectivity index (χ2n) is 6.09. The molecule has 7 heteroatoms. The summed E-state index contributed by atoms with van der Waals surface area (Å²) >= 11 is 12.0. The van der Waals surface area contributed by atoms with E-state index < -0.39 is 0 Å². The minimum Gasteiger partial charge on any atom is -0.468 e. The molecule has 1 aliphatic heterocycles. The zero-order valence-electron chi connectivity index (χ0n) is 13.8. The van der Waals surface area contributed by atoms with E-state index in [0.717, 1.165) is 18.8 Å². The highest BCUT2D eigenvalue weighted by atomic mass is 35.5. The Morgan fingerprint density at radius 3 is 2.68 bits per heavy atom. The van der Waals surface area contributed by atoms with Crippen LogP contribution in [0.5, 0.6) is 0 Å². The topological polar surface area (TPSA) is 57.5 Å². The van der Waals surface area contributed by atoms with Gasteiger partial charge in [-0.25, -0.2) is 4.79 Å². The van der Waals surface area contributed by atoms with E-state index in [0.29, 0.717) is 22.3 Å². The first-order valence-electron chi connectivity index (χ1n) is 8.41. The molecule has 5 nitrogen and oxygen atoms in total. The highest BCUT2D eigenvalue weighted by Gasteiger charge is 2.24. The van der Waals surface area contributed by atoms with E-state index >= 15 is 0 Å². The Morgan fingerprint density at radius 1 is 1.20 bits per heavy atom. The second kappa shape index (κ2) is 8.61. The van der Waals surface area contributed by atoms with Crippen LogP contribution in [0.25, 0.3) is 0 Å². The second-order valence-corrected chi connectivity index (χ2v) is 6.93. The first-order valence-corrected chi connectivity index (χ1v) is 9.16. The summed E-state index contributed by atoms with van der Waals surface area (Å²) in [5.41, 5.74) is 0.524. The summed E-state index contributed by atoms with van der Waals surface area (Å²) in [6.07, 6.45) is 5.26. The first-order chi connectivity index (χ1) is 12.1. The number of carbonyl (C=O) groups excluding carboxylic acids is 1. The molecule has 2 N–H and O–H groups in total. The number of likely N-dealkylation sites (tertiary alicyclic amines) is 1. The molecule has 1 saturated heterocycles. The van der Waals surface area contributed by atoms with Crippen molar-refractivity contribution in [2.45, 2.75) is 25.3 Å². The molecule has 0 saturated carbocycles. The van der Waals surface area contributed by atoms with Crippen LogP contribution in [-0.2, 0) is 0 Å². The van der Waals surface area contributed by atoms with E-state index in [1.807, 2.05) is 12.1 Å². The minimum absolute atomic E-state index is 0.0294. The van der Waals surface area contributed by atoms with Crippen molar-refractivity contribution in [3.63, 3.8) is 0 Å². The molecular formula is C18H21Cl2N3O2. The Bertz CT molecular complexity index is 700. The number of hydrogen-bond donors (Lipinski definition) is 2. The van der Waals surface area contributed by atoms with Crippen molar-refractivity contribution in [2.24, 2.45) is 0 Å². The van der Waals surface area contributed by atoms with Crippen molar-refractivity contribution in [1.82, 2.24) is 10.2 Å². The van der Waals surface area contributed by atoms with Crippen molar-refractivity contribution >= 4 is 34.9 Å². The number of piperidine rings is 1. The van der Waals surface area contributed by atoms with Gasteiger partial charge in [-0.15, -0.1) is 0 Å². The van der Waals surface area contributed by atoms with E-state index in [9.17, 15) is 4.79 Å². The molecule has 25 heavy (non-hydrogen) atoms. The molecule has 2 amide bonds. The van der Waals surface area contributed by atoms with Crippen LogP contribution in [0.3, 0.4) is 0 Å². The number of nitrogens with one attached hydrogen (secondary N) is 2. The molecular weight excluding hydrogens is 361 g/mol. The van der Waals surface area contributed by atoms with Gasteiger partial charge in [0, 0.05) is 11.6 Å². The van der Waals surface area contributed by atoms with Crippen LogP contribution in [0, 0.1) is 0 Å². The van der Waals surface area contributed by atoms with Gasteiger partial charge >= 0.3 is 6.03 Å². The molecule has 1 fully saturated rings. The lowest BCUT2D eigenvalue weighted by molar-refractivity contribution is 0.144. The molecule has 3 rings (SSSR count). The normalized spacial score (nSPS) is 16.4. The smallest absolute Gasteiger partial charge is 0.319 e. The number of amides is 2. The van der Waals surface area contributed by atoms with Crippen LogP contribution < -0.4 is 10.6 Å². The molecule has 1 aromatic heterocycles. The molecule has 2 heterocycles. The van der Waals surface area contributed by atoms with Gasteiger partial charge in [-0.1, -0.05) is 29.6 Å². The van der Waals surface area contributed by atoms with Crippen molar-refractivity contribution in [2.75, 3.05) is 25.0 Å². The third kappa shape index (κ3) is 4.91. The molecule has 0 bridgehead atoms. The number of furan rings is 1. The summed E-state index contributed by atoms with van der Waals surface area (Å²) in [6, 6.07) is 8.51. The van der Waals surface area contributed by atoms with Gasteiger partial charge in [0.2, 0.25) is 0 Å². The Hall–Kier alpha value is -1.69. The summed E-state index contributed by atoms with van der Waals surface area (Å²) in [5.74, 6) is 0.867. The molecule has 0 unspecified atom stereocenters. The number of rotatable bonds is 5. The average Bonchev–Trinajstić information content (AvgIpc) is 3.13. The van der Waals surface area contributed by atoms with Crippen LogP contribution >= 0.6 is 23.2 Å². The number of halogens is 2. The fourth-order valence-electron chi connectivity index (χ4n) is 3.07. The van der Waals surface area contributed by atoms with Crippen molar-refractivity contribution in [3.8, 4) is 0 Å². The van der Waals surface area contributed by atoms with E-state index in [1.54, 1.807) is 24.5 Å². The lowest BCUT2D eigenvalue weighted by Crippen LogP contribution is -2.41. The van der Waals surface area contributed by atoms with Gasteiger partial charge in [-0.2, -0.15) is 0 Å². The average molecular weight is 382 g/mol. The predicted octanol–water partition coefficient (Wildman–Crippen LogP) is 4.94. The first kappa shape index (κ1) is 18.1. The zero-order chi connectivity index (χ0) is 17.6. The highest BCUT2D eigenvalue weighted by molar-refractivity contribution is 6.36. The van der Waals surface area contributed by atoms with Gasteiger partial charge < -0.3 is 15.1 Å². The van der Waals surface area contributed by atoms with E-state index in [2.05, 4.69) is 15.5 Å². The van der Waals surface area contributed by atoms with Crippen LogP contribution in [0.2, 0.25) is 10.0 Å². The highest BCUT2D eigenvalue weighted by Crippen LogP contribution is 2.26. The number of urea groups is 1. The maximum Gasteiger partial charge on any atom is 0.319 e.